The van der Waals surface area contributed by atoms with Gasteiger partial charge in [0.15, 0.2) is 0 Å². The summed E-state index contributed by atoms with van der Waals surface area (Å²) in [5.41, 5.74) is 4.04. The zero-order valence-corrected chi connectivity index (χ0v) is 17.4. The second-order valence-electron chi connectivity index (χ2n) is 6.68. The van der Waals surface area contributed by atoms with Crippen LogP contribution in [0.3, 0.4) is 0 Å². The number of amides is 2. The van der Waals surface area contributed by atoms with E-state index in [4.69, 9.17) is 11.6 Å². The van der Waals surface area contributed by atoms with Crippen molar-refractivity contribution in [2.24, 2.45) is 0 Å². The van der Waals surface area contributed by atoms with Crippen LogP contribution in [0.15, 0.2) is 35.2 Å². The van der Waals surface area contributed by atoms with Gasteiger partial charge in [0.2, 0.25) is 0 Å². The molecule has 0 saturated carbocycles. The van der Waals surface area contributed by atoms with Crippen LogP contribution in [0.25, 0.3) is 11.8 Å². The van der Waals surface area contributed by atoms with Gasteiger partial charge in [-0.25, -0.2) is 0 Å². The summed E-state index contributed by atoms with van der Waals surface area (Å²) < 4.78 is 2.12. The van der Waals surface area contributed by atoms with E-state index in [1.165, 1.54) is 4.90 Å². The Morgan fingerprint density at radius 1 is 1.11 bits per heavy atom. The van der Waals surface area contributed by atoms with Crippen LogP contribution in [-0.2, 0) is 4.79 Å². The number of halogens is 1. The molecule has 0 radical (unpaired) electrons. The lowest BCUT2D eigenvalue weighted by molar-refractivity contribution is -0.122. The number of aryl methyl sites for hydroxylation is 1. The van der Waals surface area contributed by atoms with Crippen LogP contribution in [0.1, 0.15) is 43.1 Å². The van der Waals surface area contributed by atoms with E-state index in [9.17, 15) is 9.59 Å². The highest BCUT2D eigenvalue weighted by atomic mass is 35.5. The summed E-state index contributed by atoms with van der Waals surface area (Å²) in [4.78, 5) is 26.7. The maximum Gasteiger partial charge on any atom is 0.293 e. The van der Waals surface area contributed by atoms with Crippen molar-refractivity contribution in [1.82, 2.24) is 9.47 Å². The van der Waals surface area contributed by atoms with Gasteiger partial charge in [0.1, 0.15) is 0 Å². The van der Waals surface area contributed by atoms with Gasteiger partial charge in [0.05, 0.1) is 4.91 Å². The molecule has 0 bridgehead atoms. The summed E-state index contributed by atoms with van der Waals surface area (Å²) in [7, 11) is 0. The van der Waals surface area contributed by atoms with E-state index in [0.717, 1.165) is 53.7 Å². The fraction of sp³-hybridized carbons (Fsp3) is 0.333. The molecule has 6 heteroatoms. The smallest absolute Gasteiger partial charge is 0.293 e. The highest BCUT2D eigenvalue weighted by molar-refractivity contribution is 8.18. The highest BCUT2D eigenvalue weighted by Gasteiger charge is 2.34. The average molecular weight is 403 g/mol. The summed E-state index contributed by atoms with van der Waals surface area (Å²) >= 11 is 7.02. The zero-order valence-electron chi connectivity index (χ0n) is 15.8. The Morgan fingerprint density at radius 2 is 1.81 bits per heavy atom. The van der Waals surface area contributed by atoms with Gasteiger partial charge < -0.3 is 4.57 Å². The molecular formula is C21H23ClN2O2S. The van der Waals surface area contributed by atoms with E-state index in [1.54, 1.807) is 0 Å². The number of carbonyl (C=O) groups is 2. The van der Waals surface area contributed by atoms with Gasteiger partial charge in [0, 0.05) is 28.6 Å². The molecule has 4 nitrogen and oxygen atoms in total. The van der Waals surface area contributed by atoms with Gasteiger partial charge in [-0.15, -0.1) is 0 Å². The first-order valence-corrected chi connectivity index (χ1v) is 10.3. The van der Waals surface area contributed by atoms with E-state index in [-0.39, 0.29) is 11.1 Å². The molecule has 1 fully saturated rings. The van der Waals surface area contributed by atoms with Crippen LogP contribution in [-0.4, -0.2) is 27.2 Å². The minimum atomic E-state index is -0.183. The number of imide groups is 1. The van der Waals surface area contributed by atoms with Gasteiger partial charge in [-0.1, -0.05) is 31.4 Å². The fourth-order valence-electron chi connectivity index (χ4n) is 3.28. The van der Waals surface area contributed by atoms with Crippen molar-refractivity contribution in [3.63, 3.8) is 0 Å². The predicted molar refractivity (Wildman–Crippen MR) is 112 cm³/mol. The lowest BCUT2D eigenvalue weighted by atomic mass is 10.2. The van der Waals surface area contributed by atoms with Crippen LogP contribution in [0.2, 0.25) is 5.02 Å². The molecule has 142 valence electrons. The van der Waals surface area contributed by atoms with Crippen molar-refractivity contribution < 1.29 is 9.59 Å². The summed E-state index contributed by atoms with van der Waals surface area (Å²) in [6.07, 6.45) is 4.76. The van der Waals surface area contributed by atoms with E-state index >= 15 is 0 Å². The van der Waals surface area contributed by atoms with Gasteiger partial charge in [-0.05, 0) is 74.0 Å². The minimum Gasteiger partial charge on any atom is -0.318 e. The van der Waals surface area contributed by atoms with Gasteiger partial charge in [-0.3, -0.25) is 14.5 Å². The lowest BCUT2D eigenvalue weighted by Gasteiger charge is -2.11. The molecule has 3 rings (SSSR count). The van der Waals surface area contributed by atoms with Crippen LogP contribution >= 0.6 is 23.4 Å². The predicted octanol–water partition coefficient (Wildman–Crippen LogP) is 5.97. The molecule has 0 aliphatic carbocycles. The molecule has 1 aromatic heterocycles. The monoisotopic (exact) mass is 402 g/mol. The maximum atomic E-state index is 12.6. The largest absolute Gasteiger partial charge is 0.318 e. The van der Waals surface area contributed by atoms with Crippen molar-refractivity contribution in [1.29, 1.82) is 0 Å². The Hall–Kier alpha value is -1.98. The van der Waals surface area contributed by atoms with Crippen molar-refractivity contribution in [2.45, 2.75) is 40.0 Å². The lowest BCUT2D eigenvalue weighted by Crippen LogP contribution is -2.29. The average Bonchev–Trinajstić information content (AvgIpc) is 3.06. The Balaban J connectivity index is 1.87. The summed E-state index contributed by atoms with van der Waals surface area (Å²) in [5, 5.41) is 0.520. The minimum absolute atomic E-state index is 0.172. The molecule has 1 aliphatic rings. The quantitative estimate of drug-likeness (QED) is 0.441. The Morgan fingerprint density at radius 3 is 2.48 bits per heavy atom. The van der Waals surface area contributed by atoms with Crippen molar-refractivity contribution in [3.8, 4) is 5.69 Å². The number of rotatable bonds is 6. The number of carbonyl (C=O) groups excluding carboxylic acids is 2. The van der Waals surface area contributed by atoms with Gasteiger partial charge in [-0.2, -0.15) is 0 Å². The Kier molecular flexibility index (Phi) is 6.12. The van der Waals surface area contributed by atoms with Crippen molar-refractivity contribution in [3.05, 3.63) is 57.2 Å². The fourth-order valence-corrected chi connectivity index (χ4v) is 4.26. The van der Waals surface area contributed by atoms with Crippen molar-refractivity contribution in [2.75, 3.05) is 6.54 Å². The SMILES string of the molecule is CCCCCN1C(=O)S/C(=C\c2cc(C)n(-c3ccc(Cl)cc3)c2C)C1=O. The molecule has 1 aromatic carbocycles. The molecule has 1 aliphatic heterocycles. The molecular weight excluding hydrogens is 380 g/mol. The Labute approximate surface area is 169 Å². The summed E-state index contributed by atoms with van der Waals surface area (Å²) in [6, 6.07) is 9.69. The standard InChI is InChI=1S/C21H23ClN2O2S/c1-4-5-6-11-23-20(25)19(27-21(23)26)13-16-12-14(2)24(15(16)3)18-9-7-17(22)8-10-18/h7-10,12-13H,4-6,11H2,1-3H3/b19-13-. The molecule has 27 heavy (non-hydrogen) atoms. The van der Waals surface area contributed by atoms with Crippen LogP contribution in [0.4, 0.5) is 4.79 Å². The van der Waals surface area contributed by atoms with E-state index < -0.39 is 0 Å². The number of hydrogen-bond acceptors (Lipinski definition) is 3. The third-order valence-electron chi connectivity index (χ3n) is 4.70. The molecule has 2 amide bonds. The van der Waals surface area contributed by atoms with Crippen LogP contribution < -0.4 is 0 Å². The number of aromatic nitrogens is 1. The second-order valence-corrected chi connectivity index (χ2v) is 8.11. The maximum absolute atomic E-state index is 12.6. The zero-order chi connectivity index (χ0) is 19.6. The number of thioether (sulfide) groups is 1. The number of nitrogens with zero attached hydrogens (tertiary/aromatic N) is 2. The third kappa shape index (κ3) is 4.14. The first kappa shape index (κ1) is 19.8. The van der Waals surface area contributed by atoms with Gasteiger partial charge >= 0.3 is 0 Å². The van der Waals surface area contributed by atoms with Crippen LogP contribution in [0.5, 0.6) is 0 Å². The first-order valence-electron chi connectivity index (χ1n) is 9.12. The molecule has 2 aromatic rings. The number of hydrogen-bond donors (Lipinski definition) is 0. The molecule has 2 heterocycles. The molecule has 0 unspecified atom stereocenters. The topological polar surface area (TPSA) is 42.3 Å². The number of unbranched alkanes of at least 4 members (excludes halogenated alkanes) is 2. The van der Waals surface area contributed by atoms with Gasteiger partial charge in [0.25, 0.3) is 11.1 Å². The third-order valence-corrected chi connectivity index (χ3v) is 5.86. The first-order chi connectivity index (χ1) is 12.9. The second kappa shape index (κ2) is 8.36. The molecule has 1 saturated heterocycles. The number of benzene rings is 1. The summed E-state index contributed by atoms with van der Waals surface area (Å²) in [5.74, 6) is -0.183. The van der Waals surface area contributed by atoms with Crippen molar-refractivity contribution >= 4 is 40.6 Å². The normalized spacial score (nSPS) is 16.0. The highest BCUT2D eigenvalue weighted by Crippen LogP contribution is 2.34. The molecule has 0 N–H and O–H groups in total. The van der Waals surface area contributed by atoms with E-state index in [2.05, 4.69) is 11.5 Å². The molecule has 0 atom stereocenters. The summed E-state index contributed by atoms with van der Waals surface area (Å²) in [6.45, 7) is 6.64. The van der Waals surface area contributed by atoms with Crippen LogP contribution in [0, 0.1) is 13.8 Å². The molecule has 0 spiro atoms. The van der Waals surface area contributed by atoms with E-state index in [1.807, 2.05) is 50.3 Å². The Bertz CT molecular complexity index is 900. The van der Waals surface area contributed by atoms with E-state index in [0.29, 0.717) is 16.5 Å².